The topological polar surface area (TPSA) is 258 Å². The van der Waals surface area contributed by atoms with Gasteiger partial charge in [-0.05, 0) is 109 Å². The molecule has 4 fully saturated rings. The summed E-state index contributed by atoms with van der Waals surface area (Å²) in [5.41, 5.74) is -10.4. The van der Waals surface area contributed by atoms with E-state index >= 15 is 0 Å². The second-order valence-electron chi connectivity index (χ2n) is 24.4. The van der Waals surface area contributed by atoms with Crippen LogP contribution in [0.2, 0.25) is 0 Å². The lowest BCUT2D eigenvalue weighted by molar-refractivity contribution is -0.283. The van der Waals surface area contributed by atoms with Crippen LogP contribution < -0.4 is 0 Å². The quantitative estimate of drug-likeness (QED) is 0.114. The Balaban J connectivity index is 1.39. The summed E-state index contributed by atoms with van der Waals surface area (Å²) in [7, 11) is 0. The summed E-state index contributed by atoms with van der Waals surface area (Å²) in [5, 5.41) is 0. The highest BCUT2D eigenvalue weighted by molar-refractivity contribution is 5.84. The minimum absolute atomic E-state index is 0.0701. The van der Waals surface area contributed by atoms with Crippen molar-refractivity contribution < 1.29 is 105 Å². The zero-order valence-electron chi connectivity index (χ0n) is 47.0. The van der Waals surface area contributed by atoms with Crippen molar-refractivity contribution in [3.63, 3.8) is 0 Å². The Labute approximate surface area is 445 Å². The Hall–Kier alpha value is -4.81. The van der Waals surface area contributed by atoms with Crippen LogP contribution in [0.4, 0.5) is 0 Å². The monoisotopic (exact) mass is 1080 g/mol. The van der Waals surface area contributed by atoms with Crippen molar-refractivity contribution in [3.05, 3.63) is 35.9 Å². The van der Waals surface area contributed by atoms with Gasteiger partial charge < -0.3 is 71.1 Å². The molecule has 4 aliphatic rings. The Bertz CT molecular complexity index is 2000. The van der Waals surface area contributed by atoms with Gasteiger partial charge in [0, 0.05) is 0 Å². The van der Waals surface area contributed by atoms with Crippen molar-refractivity contribution >= 4 is 41.8 Å². The fraction of sp³-hybridized carbons (Fsp3) is 0.759. The predicted molar refractivity (Wildman–Crippen MR) is 263 cm³/mol. The molecule has 0 spiro atoms. The van der Waals surface area contributed by atoms with Crippen molar-refractivity contribution in [2.75, 3.05) is 92.5 Å². The number of carbonyl (C=O) groups excluding carboxylic acids is 7. The molecule has 4 heterocycles. The van der Waals surface area contributed by atoms with E-state index in [-0.39, 0.29) is 59.5 Å². The zero-order valence-corrected chi connectivity index (χ0v) is 47.0. The maximum Gasteiger partial charge on any atom is 0.319 e. The van der Waals surface area contributed by atoms with E-state index < -0.39 is 142 Å². The van der Waals surface area contributed by atoms with E-state index in [1.54, 1.807) is 113 Å². The molecule has 4 aliphatic heterocycles. The molecule has 4 saturated heterocycles. The predicted octanol–water partition coefficient (Wildman–Crippen LogP) is 5.16. The molecule has 22 heteroatoms. The number of rotatable bonds is 21. The fourth-order valence-electron chi connectivity index (χ4n) is 7.24. The minimum Gasteiger partial charge on any atom is -0.464 e. The number of benzene rings is 1. The molecular formula is C54H80O22. The smallest absolute Gasteiger partial charge is 0.319 e. The standard InChI is InChI=1S/C54H80O22/c1-44(2)69-28-51(12,29-70-44)40(58)65-24-49(10,25-66-41(59)52(13)30-71-45(3,4)72-31-52)38(56)63-22-48(9,37(55)62-21-36-19-17-16-18-20-36)23-64-39(57)50(11,26-67-42(60)53(14)32-73-46(5,6)74-33-53)27-68-43(61)54(15)34-75-47(7,8)76-35-54/h16-20H,21-35H2,1-15H3. The van der Waals surface area contributed by atoms with Gasteiger partial charge in [0.15, 0.2) is 23.1 Å². The molecule has 1 aromatic rings. The summed E-state index contributed by atoms with van der Waals surface area (Å²) in [6.07, 6.45) is 0. The molecule has 0 aliphatic carbocycles. The average molecular weight is 1080 g/mol. The molecule has 0 radical (unpaired) electrons. The molecule has 0 unspecified atom stereocenters. The van der Waals surface area contributed by atoms with Gasteiger partial charge in [-0.25, -0.2) is 0 Å². The number of carbonyl (C=O) groups is 7. The van der Waals surface area contributed by atoms with Gasteiger partial charge in [-0.3, -0.25) is 33.6 Å². The number of esters is 7. The zero-order chi connectivity index (χ0) is 56.9. The van der Waals surface area contributed by atoms with E-state index in [0.29, 0.717) is 5.56 Å². The van der Waals surface area contributed by atoms with Crippen LogP contribution in [0.15, 0.2) is 30.3 Å². The third-order valence-corrected chi connectivity index (χ3v) is 13.7. The number of hydrogen-bond acceptors (Lipinski definition) is 22. The Morgan fingerprint density at radius 1 is 0.355 bits per heavy atom. The summed E-state index contributed by atoms with van der Waals surface area (Å²) in [4.78, 5) is 97.9. The Kier molecular flexibility index (Phi) is 19.0. The number of hydrogen-bond donors (Lipinski definition) is 0. The van der Waals surface area contributed by atoms with Crippen molar-refractivity contribution in [1.82, 2.24) is 0 Å². The highest BCUT2D eigenvalue weighted by Crippen LogP contribution is 2.37. The first-order valence-electron chi connectivity index (χ1n) is 25.3. The summed E-state index contributed by atoms with van der Waals surface area (Å²) in [6, 6.07) is 8.68. The fourth-order valence-corrected chi connectivity index (χ4v) is 7.24. The molecule has 1 aromatic carbocycles. The Morgan fingerprint density at radius 3 is 0.803 bits per heavy atom. The first kappa shape index (κ1) is 62.0. The molecule has 0 saturated carbocycles. The second kappa shape index (κ2) is 23.3. The van der Waals surface area contributed by atoms with Crippen LogP contribution in [0.5, 0.6) is 0 Å². The number of ether oxygens (including phenoxy) is 15. The van der Waals surface area contributed by atoms with E-state index in [9.17, 15) is 33.6 Å². The van der Waals surface area contributed by atoms with Gasteiger partial charge in [0.2, 0.25) is 0 Å². The van der Waals surface area contributed by atoms with Crippen LogP contribution in [0.3, 0.4) is 0 Å². The summed E-state index contributed by atoms with van der Waals surface area (Å²) in [6.45, 7) is 18.7. The third kappa shape index (κ3) is 15.9. The molecule has 0 amide bonds. The summed E-state index contributed by atoms with van der Waals surface area (Å²) in [5.74, 6) is -10.1. The van der Waals surface area contributed by atoms with E-state index in [2.05, 4.69) is 0 Å². The van der Waals surface area contributed by atoms with Crippen molar-refractivity contribution in [2.24, 2.45) is 37.9 Å². The highest BCUT2D eigenvalue weighted by atomic mass is 16.7. The lowest BCUT2D eigenvalue weighted by Crippen LogP contribution is -2.52. The third-order valence-electron chi connectivity index (χ3n) is 13.7. The average Bonchev–Trinajstić information content (AvgIpc) is 3.37. The van der Waals surface area contributed by atoms with Crippen LogP contribution in [-0.4, -0.2) is 157 Å². The van der Waals surface area contributed by atoms with Gasteiger partial charge >= 0.3 is 41.8 Å². The molecular weight excluding hydrogens is 1000 g/mol. The molecule has 0 bridgehead atoms. The lowest BCUT2D eigenvalue weighted by atomic mass is 9.89. The molecule has 0 N–H and O–H groups in total. The first-order valence-corrected chi connectivity index (χ1v) is 25.3. The van der Waals surface area contributed by atoms with Gasteiger partial charge in [0.1, 0.15) is 84.2 Å². The minimum atomic E-state index is -1.98. The maximum absolute atomic E-state index is 14.5. The SMILES string of the molecule is CC1(C)OCC(C)(C(=O)OCC(C)(COC(=O)C2(C)COC(C)(C)OC2)C(=O)OCC(C)(COC(=O)C(C)(COC(=O)C2(C)COC(C)(C)OC2)COC(=O)C2(C)COC(C)(C)OC2)C(=O)OCc2ccccc2)CO1. The van der Waals surface area contributed by atoms with Crippen molar-refractivity contribution in [1.29, 1.82) is 0 Å². The molecule has 428 valence electrons. The second-order valence-corrected chi connectivity index (χ2v) is 24.4. The molecule has 0 atom stereocenters. The normalized spacial score (nSPS) is 22.1. The van der Waals surface area contributed by atoms with Gasteiger partial charge in [-0.1, -0.05) is 30.3 Å². The van der Waals surface area contributed by atoms with Crippen LogP contribution in [0.1, 0.15) is 109 Å². The van der Waals surface area contributed by atoms with Crippen LogP contribution in [0.25, 0.3) is 0 Å². The largest absolute Gasteiger partial charge is 0.464 e. The molecule has 5 rings (SSSR count). The summed E-state index contributed by atoms with van der Waals surface area (Å²) < 4.78 is 86.3. The highest BCUT2D eigenvalue weighted by Gasteiger charge is 2.52. The Morgan fingerprint density at radius 2 is 0.566 bits per heavy atom. The molecule has 22 nitrogen and oxygen atoms in total. The summed E-state index contributed by atoms with van der Waals surface area (Å²) >= 11 is 0. The first-order chi connectivity index (χ1) is 34.9. The van der Waals surface area contributed by atoms with Gasteiger partial charge in [0.25, 0.3) is 0 Å². The maximum atomic E-state index is 14.5. The van der Waals surface area contributed by atoms with E-state index in [1.165, 1.54) is 20.8 Å². The van der Waals surface area contributed by atoms with Crippen LogP contribution in [0, 0.1) is 37.9 Å². The van der Waals surface area contributed by atoms with Crippen LogP contribution >= 0.6 is 0 Å². The van der Waals surface area contributed by atoms with Gasteiger partial charge in [-0.2, -0.15) is 0 Å². The van der Waals surface area contributed by atoms with E-state index in [1.807, 2.05) is 0 Å². The van der Waals surface area contributed by atoms with Crippen LogP contribution in [-0.2, 0) is 111 Å². The van der Waals surface area contributed by atoms with E-state index in [0.717, 1.165) is 0 Å². The van der Waals surface area contributed by atoms with Gasteiger partial charge in [0.05, 0.1) is 52.9 Å². The van der Waals surface area contributed by atoms with E-state index in [4.69, 9.17) is 71.1 Å². The van der Waals surface area contributed by atoms with Crippen molar-refractivity contribution in [3.8, 4) is 0 Å². The lowest BCUT2D eigenvalue weighted by Gasteiger charge is -2.41. The van der Waals surface area contributed by atoms with Crippen molar-refractivity contribution in [2.45, 2.75) is 134 Å². The molecule has 76 heavy (non-hydrogen) atoms. The van der Waals surface area contributed by atoms with Gasteiger partial charge in [-0.15, -0.1) is 0 Å². The molecule has 0 aromatic heterocycles.